The highest BCUT2D eigenvalue weighted by Gasteiger charge is 2.15. The smallest absolute Gasteiger partial charge is 0.270 e. The lowest BCUT2D eigenvalue weighted by Crippen LogP contribution is -2.29. The van der Waals surface area contributed by atoms with Crippen LogP contribution < -0.4 is 11.1 Å². The molecule has 1 unspecified atom stereocenters. The third-order valence-corrected chi connectivity index (χ3v) is 4.02. The van der Waals surface area contributed by atoms with Crippen LogP contribution in [-0.4, -0.2) is 24.5 Å². The molecular weight excluding hydrogens is 345 g/mol. The van der Waals surface area contributed by atoms with Gasteiger partial charge in [0.05, 0.1) is 6.10 Å². The van der Waals surface area contributed by atoms with Crippen molar-refractivity contribution in [1.82, 2.24) is 10.3 Å². The average molecular weight is 362 g/mol. The second-order valence-corrected chi connectivity index (χ2v) is 5.70. The minimum absolute atomic E-state index is 0. The molecule has 0 aliphatic carbocycles. The Bertz CT molecular complexity index is 622. The fourth-order valence-electron chi connectivity index (χ4n) is 1.83. The molecule has 2 aromatic rings. The Labute approximate surface area is 144 Å². The number of benzene rings is 1. The van der Waals surface area contributed by atoms with Gasteiger partial charge in [0, 0.05) is 30.6 Å². The normalized spacial score (nSPS) is 11.6. The summed E-state index contributed by atoms with van der Waals surface area (Å²) in [6.45, 7) is 0.673. The first-order valence-corrected chi connectivity index (χ1v) is 7.60. The summed E-state index contributed by atoms with van der Waals surface area (Å²) in [6.07, 6.45) is -0.264. The van der Waals surface area contributed by atoms with E-state index in [9.17, 15) is 4.79 Å². The molecule has 5 nitrogen and oxygen atoms in total. The molecule has 1 heterocycles. The van der Waals surface area contributed by atoms with E-state index < -0.39 is 0 Å². The molecule has 0 aliphatic rings. The van der Waals surface area contributed by atoms with Crippen LogP contribution >= 0.6 is 35.3 Å². The van der Waals surface area contributed by atoms with Crippen LogP contribution in [0, 0.1) is 0 Å². The monoisotopic (exact) mass is 361 g/mol. The predicted molar refractivity (Wildman–Crippen MR) is 90.8 cm³/mol. The van der Waals surface area contributed by atoms with Crippen molar-refractivity contribution in [3.8, 4) is 0 Å². The molecule has 1 aromatic carbocycles. The number of hydrogen-bond donors (Lipinski definition) is 2. The first-order chi connectivity index (χ1) is 10.1. The zero-order chi connectivity index (χ0) is 15.2. The molecule has 3 N–H and O–H groups in total. The maximum Gasteiger partial charge on any atom is 0.270 e. The van der Waals surface area contributed by atoms with Gasteiger partial charge in [-0.05, 0) is 17.7 Å². The summed E-state index contributed by atoms with van der Waals surface area (Å²) in [5.74, 6) is -0.241. The molecule has 0 fully saturated rings. The summed E-state index contributed by atoms with van der Waals surface area (Å²) >= 11 is 7.33. The molecule has 120 valence electrons. The summed E-state index contributed by atoms with van der Waals surface area (Å²) in [7, 11) is 1.59. The van der Waals surface area contributed by atoms with E-state index in [1.54, 1.807) is 18.6 Å². The molecule has 22 heavy (non-hydrogen) atoms. The number of aromatic nitrogens is 1. The SMILES string of the molecule is COC(CNC(=O)c1csc(CN)n1)c1cccc(Cl)c1.Cl. The van der Waals surface area contributed by atoms with Crippen LogP contribution in [-0.2, 0) is 11.3 Å². The summed E-state index contributed by atoms with van der Waals surface area (Å²) in [5.41, 5.74) is 6.77. The number of ether oxygens (including phenoxy) is 1. The summed E-state index contributed by atoms with van der Waals surface area (Å²) in [5, 5.41) is 5.86. The van der Waals surface area contributed by atoms with Crippen molar-refractivity contribution >= 4 is 41.3 Å². The van der Waals surface area contributed by atoms with E-state index in [4.69, 9.17) is 22.1 Å². The summed E-state index contributed by atoms with van der Waals surface area (Å²) in [4.78, 5) is 16.1. The molecule has 8 heteroatoms. The molecule has 1 atom stereocenters. The van der Waals surface area contributed by atoms with E-state index in [-0.39, 0.29) is 24.4 Å². The van der Waals surface area contributed by atoms with Crippen molar-refractivity contribution in [3.05, 3.63) is 50.9 Å². The first-order valence-electron chi connectivity index (χ1n) is 6.35. The van der Waals surface area contributed by atoms with E-state index >= 15 is 0 Å². The van der Waals surface area contributed by atoms with Gasteiger partial charge < -0.3 is 15.8 Å². The van der Waals surface area contributed by atoms with Gasteiger partial charge in [0.15, 0.2) is 0 Å². The molecule has 1 amide bonds. The number of hydrogen-bond acceptors (Lipinski definition) is 5. The number of nitrogens with two attached hydrogens (primary N) is 1. The van der Waals surface area contributed by atoms with E-state index in [1.165, 1.54) is 11.3 Å². The fourth-order valence-corrected chi connectivity index (χ4v) is 2.68. The Morgan fingerprint density at radius 2 is 2.32 bits per heavy atom. The van der Waals surface area contributed by atoms with Gasteiger partial charge in [0.25, 0.3) is 5.91 Å². The maximum absolute atomic E-state index is 12.0. The number of carbonyl (C=O) groups excluding carboxylic acids is 1. The van der Waals surface area contributed by atoms with Gasteiger partial charge in [-0.1, -0.05) is 23.7 Å². The first kappa shape index (κ1) is 18.9. The number of amides is 1. The average Bonchev–Trinajstić information content (AvgIpc) is 2.97. The van der Waals surface area contributed by atoms with Crippen molar-refractivity contribution in [2.45, 2.75) is 12.6 Å². The molecule has 0 saturated heterocycles. The Morgan fingerprint density at radius 1 is 1.55 bits per heavy atom. The molecule has 0 bridgehead atoms. The Kier molecular flexibility index (Phi) is 7.78. The van der Waals surface area contributed by atoms with E-state index in [0.29, 0.717) is 23.8 Å². The second-order valence-electron chi connectivity index (χ2n) is 4.32. The van der Waals surface area contributed by atoms with E-state index in [1.807, 2.05) is 18.2 Å². The van der Waals surface area contributed by atoms with Gasteiger partial charge in [-0.3, -0.25) is 4.79 Å². The Balaban J connectivity index is 0.00000242. The number of rotatable bonds is 6. The van der Waals surface area contributed by atoms with Crippen molar-refractivity contribution in [3.63, 3.8) is 0 Å². The van der Waals surface area contributed by atoms with E-state index in [2.05, 4.69) is 10.3 Å². The van der Waals surface area contributed by atoms with Crippen LogP contribution in [0.4, 0.5) is 0 Å². The van der Waals surface area contributed by atoms with Gasteiger partial charge in [0.1, 0.15) is 10.7 Å². The highest BCUT2D eigenvalue weighted by atomic mass is 35.5. The minimum atomic E-state index is -0.264. The summed E-state index contributed by atoms with van der Waals surface area (Å²) in [6, 6.07) is 7.36. The van der Waals surface area contributed by atoms with Crippen LogP contribution in [0.1, 0.15) is 27.2 Å². The zero-order valence-corrected chi connectivity index (χ0v) is 14.3. The number of nitrogens with zero attached hydrogens (tertiary/aromatic N) is 1. The van der Waals surface area contributed by atoms with Crippen LogP contribution in [0.25, 0.3) is 0 Å². The molecule has 0 aliphatic heterocycles. The molecule has 0 spiro atoms. The summed E-state index contributed by atoms with van der Waals surface area (Å²) < 4.78 is 5.39. The molecule has 2 rings (SSSR count). The molecule has 0 radical (unpaired) electrons. The third kappa shape index (κ3) is 4.93. The van der Waals surface area contributed by atoms with Crippen LogP contribution in [0.5, 0.6) is 0 Å². The lowest BCUT2D eigenvalue weighted by Gasteiger charge is -2.16. The largest absolute Gasteiger partial charge is 0.375 e. The van der Waals surface area contributed by atoms with Crippen molar-refractivity contribution < 1.29 is 9.53 Å². The number of methoxy groups -OCH3 is 1. The lowest BCUT2D eigenvalue weighted by atomic mass is 10.1. The van der Waals surface area contributed by atoms with E-state index in [0.717, 1.165) is 10.6 Å². The molecule has 0 saturated carbocycles. The van der Waals surface area contributed by atoms with Crippen LogP contribution in [0.15, 0.2) is 29.6 Å². The van der Waals surface area contributed by atoms with Gasteiger partial charge in [-0.25, -0.2) is 4.98 Å². The Hall–Kier alpha value is -1.18. The van der Waals surface area contributed by atoms with Gasteiger partial charge in [0.2, 0.25) is 0 Å². The second kappa shape index (κ2) is 9.07. The number of nitrogens with one attached hydrogen (secondary N) is 1. The topological polar surface area (TPSA) is 77.2 Å². The van der Waals surface area contributed by atoms with Crippen LogP contribution in [0.2, 0.25) is 5.02 Å². The molecular formula is C14H17Cl2N3O2S. The highest BCUT2D eigenvalue weighted by molar-refractivity contribution is 7.09. The molecule has 1 aromatic heterocycles. The number of thiazole rings is 1. The standard InChI is InChI=1S/C14H16ClN3O2S.ClH/c1-20-12(9-3-2-4-10(15)5-9)7-17-14(19)11-8-21-13(6-16)18-11;/h2-5,8,12H,6-7,16H2,1H3,(H,17,19);1H. The predicted octanol–water partition coefficient (Wildman–Crippen LogP) is 2.79. The minimum Gasteiger partial charge on any atom is -0.375 e. The van der Waals surface area contributed by atoms with Crippen molar-refractivity contribution in [1.29, 1.82) is 0 Å². The highest BCUT2D eigenvalue weighted by Crippen LogP contribution is 2.20. The van der Waals surface area contributed by atoms with Gasteiger partial charge >= 0.3 is 0 Å². The zero-order valence-electron chi connectivity index (χ0n) is 11.9. The number of carbonyl (C=O) groups is 1. The Morgan fingerprint density at radius 3 is 2.91 bits per heavy atom. The van der Waals surface area contributed by atoms with Gasteiger partial charge in [-0.15, -0.1) is 23.7 Å². The number of halogens is 2. The fraction of sp³-hybridized carbons (Fsp3) is 0.286. The van der Waals surface area contributed by atoms with Gasteiger partial charge in [-0.2, -0.15) is 0 Å². The maximum atomic E-state index is 12.0. The van der Waals surface area contributed by atoms with Crippen molar-refractivity contribution in [2.24, 2.45) is 5.73 Å². The van der Waals surface area contributed by atoms with Crippen LogP contribution in [0.3, 0.4) is 0 Å². The van der Waals surface area contributed by atoms with Crippen molar-refractivity contribution in [2.75, 3.05) is 13.7 Å². The quantitative estimate of drug-likeness (QED) is 0.829. The lowest BCUT2D eigenvalue weighted by molar-refractivity contribution is 0.0824. The third-order valence-electron chi connectivity index (χ3n) is 2.91.